The fourth-order valence-electron chi connectivity index (χ4n) is 10.9. The van der Waals surface area contributed by atoms with Gasteiger partial charge in [-0.15, -0.1) is 0 Å². The number of amides is 1. The van der Waals surface area contributed by atoms with Crippen LogP contribution in [0.2, 0.25) is 0 Å². The SMILES string of the molecule is CCCCC/C=C\C/C=C\C/C=C\CCCCCCCCCCCCCCCCC(=O)NC(COP(=O)(O)OCC[N+](C)(C)C)C(/C=C\CCCCCCCCCCCC)OC(=O)CCCCCCCCCCCCCCCCCCCCC. The van der Waals surface area contributed by atoms with Crippen molar-refractivity contribution in [2.75, 3.05) is 40.9 Å². The summed E-state index contributed by atoms with van der Waals surface area (Å²) in [6, 6.07) is -0.846. The van der Waals surface area contributed by atoms with Crippen molar-refractivity contribution in [3.05, 3.63) is 48.6 Å². The highest BCUT2D eigenvalue weighted by Crippen LogP contribution is 2.43. The second-order valence-electron chi connectivity index (χ2n) is 26.1. The van der Waals surface area contributed by atoms with E-state index in [2.05, 4.69) is 62.5 Å². The molecule has 0 saturated heterocycles. The summed E-state index contributed by atoms with van der Waals surface area (Å²) in [7, 11) is 1.51. The molecule has 0 fully saturated rings. The molecule has 0 saturated carbocycles. The van der Waals surface area contributed by atoms with Crippen molar-refractivity contribution in [2.45, 2.75) is 373 Å². The zero-order chi connectivity index (χ0) is 61.4. The topological polar surface area (TPSA) is 111 Å². The highest BCUT2D eigenvalue weighted by molar-refractivity contribution is 7.47. The van der Waals surface area contributed by atoms with Crippen molar-refractivity contribution in [3.8, 4) is 0 Å². The largest absolute Gasteiger partial charge is 0.472 e. The number of phosphoric ester groups is 1. The third kappa shape index (κ3) is 64.4. The van der Waals surface area contributed by atoms with Crippen LogP contribution in [0.5, 0.6) is 0 Å². The summed E-state index contributed by atoms with van der Waals surface area (Å²) in [5.41, 5.74) is 0. The number of ether oxygens (including phenoxy) is 1. The summed E-state index contributed by atoms with van der Waals surface area (Å²) < 4.78 is 30.9. The van der Waals surface area contributed by atoms with Gasteiger partial charge in [-0.25, -0.2) is 4.57 Å². The molecule has 3 unspecified atom stereocenters. The second kappa shape index (κ2) is 64.0. The van der Waals surface area contributed by atoms with Crippen LogP contribution < -0.4 is 5.32 Å². The molecule has 0 spiro atoms. The molecular weight excluding hydrogens is 1060 g/mol. The van der Waals surface area contributed by atoms with Crippen molar-refractivity contribution in [1.29, 1.82) is 0 Å². The number of quaternary nitrogens is 1. The molecule has 9 nitrogen and oxygen atoms in total. The maximum Gasteiger partial charge on any atom is 0.472 e. The van der Waals surface area contributed by atoms with E-state index in [4.69, 9.17) is 13.8 Å². The van der Waals surface area contributed by atoms with Gasteiger partial charge in [-0.2, -0.15) is 0 Å². The Bertz CT molecular complexity index is 1570. The molecule has 84 heavy (non-hydrogen) atoms. The standard InChI is InChI=1S/C74H141N2O7P/c1-7-10-13-16-19-22-25-28-30-32-34-35-36-37-38-39-40-41-43-44-46-48-51-54-57-60-63-66-73(77)75-71(70-82-84(79,80)81-69-68-76(4,5)6)72(65-62-59-56-53-50-27-24-21-18-15-12-9-3)83-74(78)67-64-61-58-55-52-49-47-45-42-33-31-29-26-23-20-17-14-11-8-2/h19,22,28,30,34-35,62,65,71-72H,7-18,20-21,23-27,29,31-33,36-61,63-64,66-70H2,1-6H3,(H-,75,77,79,80)/p+1/b22-19-,30-28-,35-34-,65-62-. The van der Waals surface area contributed by atoms with Crippen molar-refractivity contribution < 1.29 is 37.3 Å². The molecular formula is C74H142N2O7P+. The first kappa shape index (κ1) is 82.0. The van der Waals surface area contributed by atoms with Gasteiger partial charge in [-0.05, 0) is 70.3 Å². The molecule has 3 atom stereocenters. The second-order valence-corrected chi connectivity index (χ2v) is 27.6. The Labute approximate surface area is 522 Å². The van der Waals surface area contributed by atoms with E-state index >= 15 is 0 Å². The van der Waals surface area contributed by atoms with Crippen LogP contribution in [0.15, 0.2) is 48.6 Å². The zero-order valence-electron chi connectivity index (χ0n) is 56.7. The van der Waals surface area contributed by atoms with E-state index in [-0.39, 0.29) is 25.1 Å². The minimum Gasteiger partial charge on any atom is -0.456 e. The molecule has 494 valence electrons. The van der Waals surface area contributed by atoms with Crippen LogP contribution in [0.25, 0.3) is 0 Å². The molecule has 0 bridgehead atoms. The first-order valence-corrected chi connectivity index (χ1v) is 38.0. The van der Waals surface area contributed by atoms with Crippen LogP contribution in [0.4, 0.5) is 0 Å². The molecule has 1 amide bonds. The van der Waals surface area contributed by atoms with Crippen molar-refractivity contribution in [2.24, 2.45) is 0 Å². The molecule has 10 heteroatoms. The summed E-state index contributed by atoms with van der Waals surface area (Å²) in [6.07, 6.45) is 81.2. The van der Waals surface area contributed by atoms with Gasteiger partial charge in [0, 0.05) is 12.8 Å². The maximum absolute atomic E-state index is 13.6. The Hall–Kier alpha value is -2.03. The average Bonchev–Trinajstić information content (AvgIpc) is 3.64. The van der Waals surface area contributed by atoms with Crippen LogP contribution in [-0.2, 0) is 27.9 Å². The molecule has 0 aliphatic heterocycles. The summed E-state index contributed by atoms with van der Waals surface area (Å²) in [5, 5.41) is 3.08. The van der Waals surface area contributed by atoms with Gasteiger partial charge >= 0.3 is 13.8 Å². The van der Waals surface area contributed by atoms with E-state index < -0.39 is 20.0 Å². The third-order valence-corrected chi connectivity index (χ3v) is 17.5. The van der Waals surface area contributed by atoms with Gasteiger partial charge in [0.25, 0.3) is 0 Å². The molecule has 0 rings (SSSR count). The lowest BCUT2D eigenvalue weighted by Crippen LogP contribution is -2.47. The summed E-state index contributed by atoms with van der Waals surface area (Å²) in [6.45, 7) is 7.04. The Morgan fingerprint density at radius 1 is 0.417 bits per heavy atom. The number of allylic oxidation sites excluding steroid dienone is 7. The van der Waals surface area contributed by atoms with Gasteiger partial charge in [0.2, 0.25) is 5.91 Å². The number of rotatable bonds is 67. The molecule has 0 aromatic carbocycles. The fourth-order valence-corrected chi connectivity index (χ4v) is 11.6. The molecule has 0 aliphatic rings. The molecule has 0 aromatic heterocycles. The van der Waals surface area contributed by atoms with Gasteiger partial charge in [0.05, 0.1) is 33.8 Å². The third-order valence-electron chi connectivity index (χ3n) is 16.5. The number of carbonyl (C=O) groups excluding carboxylic acids is 2. The fraction of sp³-hybridized carbons (Fsp3) is 0.865. The molecule has 0 aromatic rings. The predicted octanol–water partition coefficient (Wildman–Crippen LogP) is 23.2. The van der Waals surface area contributed by atoms with Crippen LogP contribution >= 0.6 is 7.82 Å². The Balaban J connectivity index is 4.99. The predicted molar refractivity (Wildman–Crippen MR) is 365 cm³/mol. The van der Waals surface area contributed by atoms with E-state index in [1.165, 1.54) is 257 Å². The van der Waals surface area contributed by atoms with Gasteiger partial charge in [0.15, 0.2) is 0 Å². The van der Waals surface area contributed by atoms with Crippen molar-refractivity contribution in [1.82, 2.24) is 5.32 Å². The Morgan fingerprint density at radius 2 is 0.726 bits per heavy atom. The number of nitrogens with one attached hydrogen (secondary N) is 1. The molecule has 0 radical (unpaired) electrons. The Kier molecular flexibility index (Phi) is 62.4. The summed E-state index contributed by atoms with van der Waals surface area (Å²) in [4.78, 5) is 37.9. The first-order chi connectivity index (χ1) is 40.9. The van der Waals surface area contributed by atoms with Crippen LogP contribution in [0, 0.1) is 0 Å². The lowest BCUT2D eigenvalue weighted by molar-refractivity contribution is -0.870. The number of phosphoric acid groups is 1. The number of hydrogen-bond donors (Lipinski definition) is 2. The smallest absolute Gasteiger partial charge is 0.456 e. The van der Waals surface area contributed by atoms with Gasteiger partial charge in [-0.3, -0.25) is 18.6 Å². The van der Waals surface area contributed by atoms with E-state index in [9.17, 15) is 19.0 Å². The number of hydrogen-bond acceptors (Lipinski definition) is 6. The lowest BCUT2D eigenvalue weighted by Gasteiger charge is -2.27. The number of nitrogens with zero attached hydrogens (tertiary/aromatic N) is 1. The average molecular weight is 1200 g/mol. The quantitative estimate of drug-likeness (QED) is 0.0205. The van der Waals surface area contributed by atoms with Gasteiger partial charge < -0.3 is 19.4 Å². The zero-order valence-corrected chi connectivity index (χ0v) is 57.6. The number of esters is 1. The monoisotopic (exact) mass is 1200 g/mol. The minimum atomic E-state index is -4.45. The lowest BCUT2D eigenvalue weighted by atomic mass is 10.0. The minimum absolute atomic E-state index is 0.0424. The summed E-state index contributed by atoms with van der Waals surface area (Å²) in [5.74, 6) is -0.487. The van der Waals surface area contributed by atoms with Gasteiger partial charge in [-0.1, -0.05) is 327 Å². The number of likely N-dealkylation sites (N-methyl/N-ethyl adjacent to an activating group) is 1. The van der Waals surface area contributed by atoms with Crippen molar-refractivity contribution in [3.63, 3.8) is 0 Å². The van der Waals surface area contributed by atoms with Gasteiger partial charge in [0.1, 0.15) is 19.3 Å². The number of unbranched alkanes of at least 4 members (excludes halogenated alkanes) is 45. The highest BCUT2D eigenvalue weighted by Gasteiger charge is 2.30. The maximum atomic E-state index is 13.6. The van der Waals surface area contributed by atoms with Crippen LogP contribution in [-0.4, -0.2) is 74.3 Å². The van der Waals surface area contributed by atoms with Crippen LogP contribution in [0.3, 0.4) is 0 Å². The molecule has 0 heterocycles. The normalized spacial score (nSPS) is 13.8. The van der Waals surface area contributed by atoms with E-state index in [1.807, 2.05) is 33.3 Å². The molecule has 0 aliphatic carbocycles. The van der Waals surface area contributed by atoms with Crippen LogP contribution in [0.1, 0.15) is 361 Å². The van der Waals surface area contributed by atoms with Crippen molar-refractivity contribution >= 4 is 19.7 Å². The number of carbonyl (C=O) groups is 2. The van der Waals surface area contributed by atoms with E-state index in [1.54, 1.807) is 0 Å². The first-order valence-electron chi connectivity index (χ1n) is 36.5. The summed E-state index contributed by atoms with van der Waals surface area (Å²) >= 11 is 0. The van der Waals surface area contributed by atoms with E-state index in [0.29, 0.717) is 23.9 Å². The Morgan fingerprint density at radius 3 is 1.11 bits per heavy atom. The van der Waals surface area contributed by atoms with E-state index in [0.717, 1.165) is 70.6 Å². The molecule has 2 N–H and O–H groups in total. The highest BCUT2D eigenvalue weighted by atomic mass is 31.2.